The van der Waals surface area contributed by atoms with Gasteiger partial charge in [-0.2, -0.15) is 0 Å². The van der Waals surface area contributed by atoms with Crippen LogP contribution in [0.2, 0.25) is 0 Å². The minimum atomic E-state index is -0.917. The average molecular weight is 332 g/mol. The van der Waals surface area contributed by atoms with Gasteiger partial charge in [0, 0.05) is 0 Å². The number of carboxylic acids is 1. The molecular weight excluding hydrogens is 304 g/mol. The zero-order valence-corrected chi connectivity index (χ0v) is 14.5. The zero-order chi connectivity index (χ0) is 17.4. The summed E-state index contributed by atoms with van der Waals surface area (Å²) in [5.74, 6) is -2.06. The number of carbonyl (C=O) groups is 2. The lowest BCUT2D eigenvalue weighted by atomic mass is 9.85. The molecule has 0 saturated carbocycles. The molecule has 0 aromatic heterocycles. The predicted molar refractivity (Wildman–Crippen MR) is 93.2 cm³/mol. The largest absolute Gasteiger partial charge is 0.481 e. The van der Waals surface area contributed by atoms with Crippen molar-refractivity contribution in [1.82, 2.24) is 0 Å². The molecule has 132 valence electrons. The molecule has 1 heterocycles. The number of hydrogen-bond acceptors (Lipinski definition) is 3. The van der Waals surface area contributed by atoms with E-state index in [9.17, 15) is 14.7 Å². The highest BCUT2D eigenvalue weighted by molar-refractivity contribution is 5.95. The number of hydrogen-bond donors (Lipinski definition) is 1. The fourth-order valence-corrected chi connectivity index (χ4v) is 3.42. The Balaban J connectivity index is 1.84. The normalized spacial score (nSPS) is 19.6. The Morgan fingerprint density at radius 3 is 2.33 bits per heavy atom. The lowest BCUT2D eigenvalue weighted by Gasteiger charge is -2.30. The topological polar surface area (TPSA) is 63.6 Å². The van der Waals surface area contributed by atoms with Crippen LogP contribution < -0.4 is 0 Å². The molecule has 0 spiro atoms. The summed E-state index contributed by atoms with van der Waals surface area (Å²) < 4.78 is 5.43. The highest BCUT2D eigenvalue weighted by atomic mass is 16.5. The first kappa shape index (κ1) is 18.5. The summed E-state index contributed by atoms with van der Waals surface area (Å²) in [5.41, 5.74) is 0.975. The van der Waals surface area contributed by atoms with E-state index in [0.29, 0.717) is 17.5 Å². The van der Waals surface area contributed by atoms with Crippen molar-refractivity contribution in [3.8, 4) is 0 Å². The van der Waals surface area contributed by atoms with Crippen LogP contribution in [0.15, 0.2) is 24.3 Å². The molecule has 1 aliphatic rings. The predicted octanol–water partition coefficient (Wildman–Crippen LogP) is 4.92. The summed E-state index contributed by atoms with van der Waals surface area (Å²) >= 11 is 0. The molecule has 2 atom stereocenters. The number of cyclic esters (lactones) is 1. The second-order valence-corrected chi connectivity index (χ2v) is 6.61. The second kappa shape index (κ2) is 9.45. The molecule has 0 bridgehead atoms. The van der Waals surface area contributed by atoms with Gasteiger partial charge < -0.3 is 9.84 Å². The van der Waals surface area contributed by atoms with Crippen LogP contribution in [-0.4, -0.2) is 23.1 Å². The minimum Gasteiger partial charge on any atom is -0.481 e. The molecule has 1 aromatic rings. The summed E-state index contributed by atoms with van der Waals surface area (Å²) in [5, 5.41) is 9.57. The molecular formula is C20H28O4. The third-order valence-corrected chi connectivity index (χ3v) is 4.75. The average Bonchev–Trinajstić information content (AvgIpc) is 2.57. The number of fused-ring (bicyclic) bond motifs is 1. The third-order valence-electron chi connectivity index (χ3n) is 4.75. The summed E-state index contributed by atoms with van der Waals surface area (Å²) in [7, 11) is 0. The number of carbonyl (C=O) groups excluding carboxylic acids is 1. The van der Waals surface area contributed by atoms with E-state index in [-0.39, 0.29) is 0 Å². The Labute approximate surface area is 144 Å². The fourth-order valence-electron chi connectivity index (χ4n) is 3.42. The molecule has 2 rings (SSSR count). The maximum Gasteiger partial charge on any atom is 0.338 e. The van der Waals surface area contributed by atoms with E-state index in [2.05, 4.69) is 6.92 Å². The van der Waals surface area contributed by atoms with Gasteiger partial charge in [-0.05, 0) is 24.5 Å². The number of rotatable bonds is 10. The van der Waals surface area contributed by atoms with Gasteiger partial charge in [-0.1, -0.05) is 70.1 Å². The van der Waals surface area contributed by atoms with Gasteiger partial charge in [0.2, 0.25) is 0 Å². The van der Waals surface area contributed by atoms with E-state index < -0.39 is 24.0 Å². The number of ether oxygens (including phenoxy) is 1. The Kier molecular flexibility index (Phi) is 7.29. The van der Waals surface area contributed by atoms with Gasteiger partial charge in [0.15, 0.2) is 0 Å². The van der Waals surface area contributed by atoms with Gasteiger partial charge in [0.05, 0.1) is 5.56 Å². The lowest BCUT2D eigenvalue weighted by Crippen LogP contribution is -2.36. The van der Waals surface area contributed by atoms with Crippen molar-refractivity contribution in [2.45, 2.75) is 76.7 Å². The molecule has 4 nitrogen and oxygen atoms in total. The molecule has 1 N–H and O–H groups in total. The van der Waals surface area contributed by atoms with Crippen molar-refractivity contribution in [2.75, 3.05) is 0 Å². The first-order chi connectivity index (χ1) is 11.6. The van der Waals surface area contributed by atoms with E-state index >= 15 is 0 Å². The zero-order valence-electron chi connectivity index (χ0n) is 14.5. The van der Waals surface area contributed by atoms with Crippen LogP contribution in [0.1, 0.15) is 86.6 Å². The summed E-state index contributed by atoms with van der Waals surface area (Å²) in [4.78, 5) is 23.8. The quantitative estimate of drug-likeness (QED) is 0.487. The first-order valence-corrected chi connectivity index (χ1v) is 9.18. The molecule has 1 aromatic carbocycles. The molecule has 0 radical (unpaired) electrons. The molecule has 0 aliphatic carbocycles. The maximum atomic E-state index is 12.1. The van der Waals surface area contributed by atoms with Crippen molar-refractivity contribution < 1.29 is 19.4 Å². The van der Waals surface area contributed by atoms with Crippen molar-refractivity contribution >= 4 is 11.9 Å². The van der Waals surface area contributed by atoms with Crippen molar-refractivity contribution in [3.63, 3.8) is 0 Å². The van der Waals surface area contributed by atoms with Crippen LogP contribution in [0.25, 0.3) is 0 Å². The maximum absolute atomic E-state index is 12.1. The smallest absolute Gasteiger partial charge is 0.338 e. The molecule has 1 aliphatic heterocycles. The highest BCUT2D eigenvalue weighted by Gasteiger charge is 2.39. The highest BCUT2D eigenvalue weighted by Crippen LogP contribution is 2.34. The van der Waals surface area contributed by atoms with Gasteiger partial charge in [-0.25, -0.2) is 4.79 Å². The van der Waals surface area contributed by atoms with Crippen molar-refractivity contribution in [1.29, 1.82) is 0 Å². The second-order valence-electron chi connectivity index (χ2n) is 6.61. The standard InChI is InChI=1S/C20H28O4/c1-2-3-4-5-6-7-8-9-14-17-18(19(21)22)15-12-10-11-13-16(15)20(23)24-17/h10-13,17-18H,2-9,14H2,1H3,(H,21,22). The van der Waals surface area contributed by atoms with E-state index in [1.165, 1.54) is 38.5 Å². The number of esters is 1. The van der Waals surface area contributed by atoms with E-state index in [4.69, 9.17) is 4.74 Å². The number of carboxylic acid groups (broad SMARTS) is 1. The van der Waals surface area contributed by atoms with E-state index in [1.54, 1.807) is 24.3 Å². The van der Waals surface area contributed by atoms with Crippen LogP contribution in [-0.2, 0) is 9.53 Å². The minimum absolute atomic E-state index is 0.386. The van der Waals surface area contributed by atoms with E-state index in [1.807, 2.05) is 0 Å². The van der Waals surface area contributed by atoms with Gasteiger partial charge in [-0.15, -0.1) is 0 Å². The number of unbranched alkanes of at least 4 members (excludes halogenated alkanes) is 7. The summed E-state index contributed by atoms with van der Waals surface area (Å²) in [6.45, 7) is 2.21. The summed E-state index contributed by atoms with van der Waals surface area (Å²) in [6, 6.07) is 6.88. The fraction of sp³-hybridized carbons (Fsp3) is 0.600. The summed E-state index contributed by atoms with van der Waals surface area (Å²) in [6.07, 6.45) is 9.56. The van der Waals surface area contributed by atoms with Crippen LogP contribution in [0, 0.1) is 0 Å². The molecule has 0 fully saturated rings. The lowest BCUT2D eigenvalue weighted by molar-refractivity contribution is -0.142. The van der Waals surface area contributed by atoms with E-state index in [0.717, 1.165) is 12.8 Å². The molecule has 2 unspecified atom stereocenters. The number of benzene rings is 1. The van der Waals surface area contributed by atoms with Crippen molar-refractivity contribution in [3.05, 3.63) is 35.4 Å². The molecule has 24 heavy (non-hydrogen) atoms. The van der Waals surface area contributed by atoms with Gasteiger partial charge >= 0.3 is 11.9 Å². The van der Waals surface area contributed by atoms with Crippen LogP contribution in [0.4, 0.5) is 0 Å². The monoisotopic (exact) mass is 332 g/mol. The van der Waals surface area contributed by atoms with Crippen molar-refractivity contribution in [2.24, 2.45) is 0 Å². The Morgan fingerprint density at radius 1 is 1.04 bits per heavy atom. The van der Waals surface area contributed by atoms with Crippen LogP contribution in [0.5, 0.6) is 0 Å². The van der Waals surface area contributed by atoms with Gasteiger partial charge in [0.25, 0.3) is 0 Å². The Morgan fingerprint density at radius 2 is 1.67 bits per heavy atom. The third kappa shape index (κ3) is 4.83. The molecule has 0 amide bonds. The SMILES string of the molecule is CCCCCCCCCCC1OC(=O)c2ccccc2C1C(=O)O. The Bertz CT molecular complexity index is 552. The Hall–Kier alpha value is -1.84. The molecule has 4 heteroatoms. The first-order valence-electron chi connectivity index (χ1n) is 9.18. The van der Waals surface area contributed by atoms with Crippen LogP contribution >= 0.6 is 0 Å². The van der Waals surface area contributed by atoms with Gasteiger partial charge in [0.1, 0.15) is 12.0 Å². The number of aliphatic carboxylic acids is 1. The molecule has 0 saturated heterocycles. The van der Waals surface area contributed by atoms with Gasteiger partial charge in [-0.3, -0.25) is 4.79 Å². The van der Waals surface area contributed by atoms with Crippen LogP contribution in [0.3, 0.4) is 0 Å².